The number of nitrogens with zero attached hydrogens (tertiary/aromatic N) is 6. The summed E-state index contributed by atoms with van der Waals surface area (Å²) in [4.78, 5) is 104. The molecule has 3 aliphatic carbocycles. The van der Waals surface area contributed by atoms with Crippen LogP contribution in [0.3, 0.4) is 0 Å². The van der Waals surface area contributed by atoms with E-state index in [1.165, 1.54) is 74.1 Å². The van der Waals surface area contributed by atoms with E-state index in [0.717, 1.165) is 176 Å². The normalized spacial score (nSPS) is 35.0. The van der Waals surface area contributed by atoms with Crippen LogP contribution in [0.4, 0.5) is 11.4 Å². The number of H-pyrrole nitrogens is 2. The molecule has 6 bridgehead atoms. The quantitative estimate of drug-likeness (QED) is 0.0564. The molecule has 0 radical (unpaired) electrons. The highest BCUT2D eigenvalue weighted by Crippen LogP contribution is 2.70. The van der Waals surface area contributed by atoms with Crippen molar-refractivity contribution >= 4 is 92.4 Å². The number of anilines is 2. The molecule has 5 fully saturated rings. The number of likely N-dealkylation sites (N-methyl/N-ethyl adjacent to an activating group) is 2. The van der Waals surface area contributed by atoms with Crippen molar-refractivity contribution < 1.29 is 67.5 Å². The summed E-state index contributed by atoms with van der Waals surface area (Å²) in [7, 11) is 8.04. The molecule has 117 heavy (non-hydrogen) atoms. The summed E-state index contributed by atoms with van der Waals surface area (Å²) in [6.07, 6.45) is 19.8. The number of aliphatic hydroxyl groups is 2. The Labute approximate surface area is 696 Å². The number of aryl methyl sites for hydroxylation is 2. The lowest BCUT2D eigenvalue weighted by Gasteiger charge is -2.63. The van der Waals surface area contributed by atoms with Crippen LogP contribution in [-0.4, -0.2) is 224 Å². The Morgan fingerprint density at radius 1 is 0.590 bits per heavy atom. The molecule has 11 aliphatic heterocycles. The number of hydrogen-bond acceptors (Lipinski definition) is 20. The summed E-state index contributed by atoms with van der Waals surface area (Å²) in [5.41, 5.74) is 9.78. The predicted octanol–water partition coefficient (Wildman–Crippen LogP) is 12.4. The fraction of sp³-hybridized carbons (Fsp3) is 0.548. The molecule has 2 spiro atoms. The first kappa shape index (κ1) is 83.6. The van der Waals surface area contributed by atoms with Gasteiger partial charge in [0.1, 0.15) is 5.41 Å². The first-order chi connectivity index (χ1) is 55.4. The Balaban J connectivity index is 0.000000146. The number of carbonyl (C=O) groups is 5. The van der Waals surface area contributed by atoms with Crippen molar-refractivity contribution in [2.75, 3.05) is 104 Å². The summed E-state index contributed by atoms with van der Waals surface area (Å²) in [5.74, 6) is -1.93. The summed E-state index contributed by atoms with van der Waals surface area (Å²) in [6, 6.07) is 21.9. The molecule has 20 rings (SSSR count). The number of hydrogen-bond donors (Lipinski definition) is 4. The van der Waals surface area contributed by atoms with E-state index in [2.05, 4.69) is 148 Å². The van der Waals surface area contributed by atoms with Gasteiger partial charge in [-0.1, -0.05) is 124 Å². The van der Waals surface area contributed by atoms with E-state index in [-0.39, 0.29) is 37.7 Å². The lowest BCUT2D eigenvalue weighted by molar-refractivity contribution is -0.229. The third-order valence-electron chi connectivity index (χ3n) is 30.1. The molecular formula is C93H114Cl2N8O14. The van der Waals surface area contributed by atoms with Gasteiger partial charge in [0, 0.05) is 168 Å². The standard InChI is InChI=1S/C45H55ClN4O5.C25H32N2O5.C21H23ClN2O2.CO2.CH4/c1-8-28-20-29-23-42(5,37-31(13-17-49(24-28)25-29)32-21-30(46)11-12-35(32)47-37)33-22-34-36(19-26(33)3)48(6)39-44(34)15-18-50-16-10-14-43(9-2,38(44)50)40(55-27(4)51)45(39,53)41(52)54-7;1-6-23-10-7-12-27-13-11-24(19(23)27)17-9-8-15(2)14-18(17)26(4)20(24)25(30,22(29)31-5)21(23)32-16(3)28;1-3-13-8-12-10-21(20(25)26-2)18-15(6-7-24(11-12)19(13)21)16-9-14(22)4-5-17(16)23-18;2-1-3;/h10-12,14,19-22,29,38-40,47,53H,8-9,13,15-18,23-25H2,1-7H3;7-10,14,19-21,30H,6,11-13H2,1-5H3;4-5,8-9,12,19,23H,3,6-7,10-11H2,1-2H3;;1H4/t29-,38-,39?,40+,42+,43+,44+,45-;19-,20?,21+,23+,24+,25-;;;/m00.../s1. The smallest absolute Gasteiger partial charge is 0.373 e. The second-order valence-electron chi connectivity index (χ2n) is 35.5. The zero-order valence-corrected chi connectivity index (χ0v) is 70.7. The highest BCUT2D eigenvalue weighted by atomic mass is 35.5. The predicted molar refractivity (Wildman–Crippen MR) is 449 cm³/mol. The number of halogens is 2. The van der Waals surface area contributed by atoms with Crippen LogP contribution >= 0.6 is 23.2 Å². The van der Waals surface area contributed by atoms with Crippen LogP contribution < -0.4 is 9.80 Å². The minimum absolute atomic E-state index is 0. The second-order valence-corrected chi connectivity index (χ2v) is 36.4. The van der Waals surface area contributed by atoms with E-state index in [9.17, 15) is 34.2 Å². The molecule has 4 aromatic carbocycles. The monoisotopic (exact) mass is 1640 g/mol. The SMILES string of the molecule is C.CCC1=CC2CN3CCc4c([nH]c5ccc(Cl)cc45)C(C(=O)OC)(C2)C13.CCC1=C[C@@H]2CN(CCc3c([nH]c4ccc(Cl)cc34)[C@@](C)(c3cc4c(cc3C)N(C)C3[C@]45CCN4CC=C[C@@](CC)([C@@H](OC(C)=O)[C@]3(O)C(=O)OC)[C@H]45)C2)C1.CC[C@]12C=CCN3CC[C@@]4(c5ccc(C)cc5N(C)C4[C@@](O)(C(=O)OC)[C@@H]1OC(C)=O)[C@@H]32.O=C=O. The number of fused-ring (bicyclic) bond motifs is 10. The number of methoxy groups -OCH3 is 3. The molecule has 14 aliphatic rings. The Kier molecular flexibility index (Phi) is 21.7. The van der Waals surface area contributed by atoms with E-state index >= 15 is 0 Å². The van der Waals surface area contributed by atoms with Crippen molar-refractivity contribution in [1.29, 1.82) is 0 Å². The van der Waals surface area contributed by atoms with Gasteiger partial charge >= 0.3 is 36.0 Å². The molecule has 4 N–H and O–H groups in total. The molecule has 624 valence electrons. The fourth-order valence-electron chi connectivity index (χ4n) is 26.4. The summed E-state index contributed by atoms with van der Waals surface area (Å²) in [6.45, 7) is 26.2. The number of rotatable bonds is 10. The first-order valence-corrected chi connectivity index (χ1v) is 42.3. The van der Waals surface area contributed by atoms with Crippen molar-refractivity contribution in [3.8, 4) is 0 Å². The van der Waals surface area contributed by atoms with Crippen molar-refractivity contribution in [1.82, 2.24) is 29.6 Å². The highest BCUT2D eigenvalue weighted by Gasteiger charge is 2.82. The fourth-order valence-corrected chi connectivity index (χ4v) is 26.8. The Morgan fingerprint density at radius 2 is 1.10 bits per heavy atom. The number of aromatic amines is 2. The van der Waals surface area contributed by atoms with Crippen LogP contribution in [0.25, 0.3) is 21.8 Å². The molecule has 19 atom stereocenters. The van der Waals surface area contributed by atoms with Crippen molar-refractivity contribution in [3.05, 3.63) is 175 Å². The van der Waals surface area contributed by atoms with Gasteiger partial charge in [0.05, 0.1) is 39.5 Å². The average molecular weight is 1640 g/mol. The first-order valence-electron chi connectivity index (χ1n) is 41.5. The molecule has 24 heteroatoms. The minimum Gasteiger partial charge on any atom is -0.468 e. The molecular weight excluding hydrogens is 1520 g/mol. The van der Waals surface area contributed by atoms with Crippen LogP contribution in [0.5, 0.6) is 0 Å². The van der Waals surface area contributed by atoms with Gasteiger partial charge in [0.2, 0.25) is 11.2 Å². The van der Waals surface area contributed by atoms with Crippen LogP contribution in [0.1, 0.15) is 158 Å². The van der Waals surface area contributed by atoms with Crippen LogP contribution in [0, 0.1) is 36.5 Å². The molecule has 13 heterocycles. The molecule has 7 unspecified atom stereocenters. The van der Waals surface area contributed by atoms with Gasteiger partial charge in [-0.2, -0.15) is 9.59 Å². The van der Waals surface area contributed by atoms with Crippen molar-refractivity contribution in [3.63, 3.8) is 0 Å². The number of nitrogens with one attached hydrogen (secondary N) is 2. The lowest BCUT2D eigenvalue weighted by atomic mass is 9.47. The highest BCUT2D eigenvalue weighted by molar-refractivity contribution is 6.31. The van der Waals surface area contributed by atoms with E-state index < -0.39 is 91.9 Å². The zero-order valence-electron chi connectivity index (χ0n) is 69.2. The summed E-state index contributed by atoms with van der Waals surface area (Å²) in [5, 5.41) is 29.5. The third-order valence-corrected chi connectivity index (χ3v) is 30.6. The summed E-state index contributed by atoms with van der Waals surface area (Å²) < 4.78 is 28.2. The molecule has 0 amide bonds. The third kappa shape index (κ3) is 11.8. The maximum Gasteiger partial charge on any atom is 0.373 e. The Hall–Kier alpha value is -8.41. The van der Waals surface area contributed by atoms with Gasteiger partial charge in [-0.15, -0.1) is 0 Å². The second kappa shape index (κ2) is 30.4. The van der Waals surface area contributed by atoms with Gasteiger partial charge in [0.15, 0.2) is 12.2 Å². The zero-order chi connectivity index (χ0) is 82.6. The lowest BCUT2D eigenvalue weighted by Crippen LogP contribution is -2.81. The molecule has 2 saturated carbocycles. The van der Waals surface area contributed by atoms with E-state index in [4.69, 9.17) is 56.5 Å². The minimum atomic E-state index is -2.15. The topological polar surface area (TPSA) is 257 Å². The molecule has 6 aromatic rings. The van der Waals surface area contributed by atoms with E-state index in [1.807, 2.05) is 57.1 Å². The van der Waals surface area contributed by atoms with Gasteiger partial charge in [-0.05, 0) is 197 Å². The average Bonchev–Trinajstić information content (AvgIpc) is 1.49. The Morgan fingerprint density at radius 3 is 1.62 bits per heavy atom. The maximum absolute atomic E-state index is 14.3. The van der Waals surface area contributed by atoms with Gasteiger partial charge < -0.3 is 53.7 Å². The number of aromatic nitrogens is 2. The summed E-state index contributed by atoms with van der Waals surface area (Å²) >= 11 is 13.0. The molecule has 3 saturated heterocycles. The van der Waals surface area contributed by atoms with Crippen molar-refractivity contribution in [2.45, 2.75) is 209 Å². The number of piperidine rings is 1. The number of carbonyl (C=O) groups excluding carboxylic acids is 7. The van der Waals surface area contributed by atoms with E-state index in [0.29, 0.717) is 24.7 Å². The number of esters is 5. The van der Waals surface area contributed by atoms with E-state index in [1.54, 1.807) is 0 Å². The molecule has 22 nitrogen and oxygen atoms in total. The van der Waals surface area contributed by atoms with Gasteiger partial charge in [-0.3, -0.25) is 34.0 Å². The van der Waals surface area contributed by atoms with Gasteiger partial charge in [-0.25, -0.2) is 9.59 Å². The number of ether oxygens (including phenoxy) is 5. The number of benzene rings is 4. The van der Waals surface area contributed by atoms with Crippen LogP contribution in [0.15, 0.2) is 114 Å². The van der Waals surface area contributed by atoms with Crippen LogP contribution in [-0.2, 0) is 91.7 Å². The maximum atomic E-state index is 14.3. The Bertz CT molecular complexity index is 5200. The molecule has 2 aromatic heterocycles. The largest absolute Gasteiger partial charge is 0.468 e. The van der Waals surface area contributed by atoms with Crippen LogP contribution in [0.2, 0.25) is 10.0 Å². The van der Waals surface area contributed by atoms with Gasteiger partial charge in [0.25, 0.3) is 0 Å². The van der Waals surface area contributed by atoms with Crippen molar-refractivity contribution in [2.24, 2.45) is 22.7 Å².